The molecule has 0 aliphatic rings. The SMILES string of the molecule is N#Cc1c(-c2ccccc2)cc(-c2ccc(Br)cc2)nc1SC[C@@H](O)C[S@](=O)Cc1ccccc1. The normalized spacial score (nSPS) is 12.6. The molecule has 0 amide bonds. The Morgan fingerprint density at radius 2 is 1.63 bits per heavy atom. The number of benzene rings is 3. The summed E-state index contributed by atoms with van der Waals surface area (Å²) in [5.41, 5.74) is 4.86. The van der Waals surface area contributed by atoms with E-state index in [0.29, 0.717) is 22.1 Å². The van der Waals surface area contributed by atoms with E-state index in [1.165, 1.54) is 11.8 Å². The highest BCUT2D eigenvalue weighted by Gasteiger charge is 2.18. The Bertz CT molecular complexity index is 1340. The van der Waals surface area contributed by atoms with Gasteiger partial charge in [-0.1, -0.05) is 88.7 Å². The second-order valence-electron chi connectivity index (χ2n) is 7.92. The van der Waals surface area contributed by atoms with Gasteiger partial charge in [0.05, 0.1) is 23.1 Å². The van der Waals surface area contributed by atoms with Crippen LogP contribution in [0.4, 0.5) is 0 Å². The van der Waals surface area contributed by atoms with E-state index in [9.17, 15) is 14.6 Å². The first-order valence-corrected chi connectivity index (χ1v) is 14.3. The van der Waals surface area contributed by atoms with Gasteiger partial charge in [-0.05, 0) is 29.3 Å². The van der Waals surface area contributed by atoms with E-state index in [-0.39, 0.29) is 5.75 Å². The minimum atomic E-state index is -1.19. The van der Waals surface area contributed by atoms with Crippen molar-refractivity contribution >= 4 is 38.5 Å². The number of hydrogen-bond acceptors (Lipinski definition) is 5. The lowest BCUT2D eigenvalue weighted by Crippen LogP contribution is -2.20. The molecule has 4 rings (SSSR count). The van der Waals surface area contributed by atoms with Gasteiger partial charge in [-0.15, -0.1) is 11.8 Å². The number of nitrogens with zero attached hydrogens (tertiary/aromatic N) is 2. The third kappa shape index (κ3) is 6.89. The van der Waals surface area contributed by atoms with Crippen molar-refractivity contribution < 1.29 is 9.32 Å². The van der Waals surface area contributed by atoms with Crippen LogP contribution in [0, 0.1) is 11.3 Å². The summed E-state index contributed by atoms with van der Waals surface area (Å²) in [7, 11) is -1.19. The first kappa shape index (κ1) is 25.3. The fourth-order valence-corrected chi connectivity index (χ4v) is 6.18. The molecule has 0 saturated carbocycles. The highest BCUT2D eigenvalue weighted by molar-refractivity contribution is 9.10. The highest BCUT2D eigenvalue weighted by atomic mass is 79.9. The minimum Gasteiger partial charge on any atom is -0.391 e. The monoisotopic (exact) mass is 562 g/mol. The van der Waals surface area contributed by atoms with Gasteiger partial charge in [-0.3, -0.25) is 4.21 Å². The predicted octanol–water partition coefficient (Wildman–Crippen LogP) is 6.45. The molecule has 0 unspecified atom stereocenters. The zero-order valence-corrected chi connectivity index (χ0v) is 22.0. The molecule has 0 radical (unpaired) electrons. The van der Waals surface area contributed by atoms with Gasteiger partial charge in [0.25, 0.3) is 0 Å². The van der Waals surface area contributed by atoms with E-state index in [1.807, 2.05) is 91.0 Å². The molecule has 0 aliphatic heterocycles. The van der Waals surface area contributed by atoms with Crippen molar-refractivity contribution in [1.29, 1.82) is 5.26 Å². The molecule has 35 heavy (non-hydrogen) atoms. The minimum absolute atomic E-state index is 0.168. The summed E-state index contributed by atoms with van der Waals surface area (Å²) in [6, 6.07) is 31.5. The third-order valence-corrected chi connectivity index (χ3v) is 8.34. The fraction of sp³-hybridized carbons (Fsp3) is 0.143. The number of hydrogen-bond donors (Lipinski definition) is 1. The Morgan fingerprint density at radius 1 is 0.971 bits per heavy atom. The number of rotatable bonds is 9. The van der Waals surface area contributed by atoms with Crippen molar-refractivity contribution in [2.45, 2.75) is 16.9 Å². The third-order valence-electron chi connectivity index (χ3n) is 5.28. The van der Waals surface area contributed by atoms with Gasteiger partial charge >= 0.3 is 0 Å². The molecule has 7 heteroatoms. The number of thioether (sulfide) groups is 1. The summed E-state index contributed by atoms with van der Waals surface area (Å²) >= 11 is 4.79. The molecule has 0 fully saturated rings. The lowest BCUT2D eigenvalue weighted by atomic mass is 9.99. The van der Waals surface area contributed by atoms with Gasteiger partial charge in [0.2, 0.25) is 0 Å². The average Bonchev–Trinajstić information content (AvgIpc) is 2.88. The number of aliphatic hydroxyl groups excluding tert-OH is 1. The van der Waals surface area contributed by atoms with Gasteiger partial charge in [0, 0.05) is 37.9 Å². The van der Waals surface area contributed by atoms with Crippen LogP contribution >= 0.6 is 27.7 Å². The standard InChI is InChI=1S/C28H23BrN2O2S2/c29-23-13-11-22(12-14-23)27-15-25(21-9-5-2-6-10-21)26(16-30)28(31-27)34-17-24(32)19-35(33)18-20-7-3-1-4-8-20/h1-15,24,32H,17-19H2/t24-,35-/m1/s1. The number of aromatic nitrogens is 1. The van der Waals surface area contributed by atoms with Crippen LogP contribution in [0.5, 0.6) is 0 Å². The van der Waals surface area contributed by atoms with Crippen LogP contribution < -0.4 is 0 Å². The van der Waals surface area contributed by atoms with Crippen LogP contribution in [0.25, 0.3) is 22.4 Å². The zero-order valence-electron chi connectivity index (χ0n) is 18.8. The number of nitriles is 1. The largest absolute Gasteiger partial charge is 0.391 e. The Hall–Kier alpha value is -2.76. The molecule has 1 aromatic heterocycles. The van der Waals surface area contributed by atoms with Crippen molar-refractivity contribution in [2.24, 2.45) is 0 Å². The first-order valence-electron chi connectivity index (χ1n) is 11.0. The molecule has 4 nitrogen and oxygen atoms in total. The summed E-state index contributed by atoms with van der Waals surface area (Å²) in [6.45, 7) is 0. The van der Waals surface area contributed by atoms with E-state index in [4.69, 9.17) is 4.98 Å². The van der Waals surface area contributed by atoms with Crippen molar-refractivity contribution in [3.05, 3.63) is 107 Å². The first-order chi connectivity index (χ1) is 17.0. The maximum atomic E-state index is 12.5. The van der Waals surface area contributed by atoms with E-state index >= 15 is 0 Å². The molecule has 1 heterocycles. The molecule has 0 saturated heterocycles. The van der Waals surface area contributed by atoms with Crippen LogP contribution in [0.1, 0.15) is 11.1 Å². The number of halogens is 1. The van der Waals surface area contributed by atoms with Crippen molar-refractivity contribution in [1.82, 2.24) is 4.98 Å². The molecule has 176 valence electrons. The summed E-state index contributed by atoms with van der Waals surface area (Å²) in [5.74, 6) is 0.865. The van der Waals surface area contributed by atoms with Gasteiger partial charge in [-0.2, -0.15) is 5.26 Å². The Kier molecular flexibility index (Phi) is 8.89. The van der Waals surface area contributed by atoms with E-state index in [1.54, 1.807) is 0 Å². The van der Waals surface area contributed by atoms with Crippen LogP contribution in [0.2, 0.25) is 0 Å². The fourth-order valence-electron chi connectivity index (χ4n) is 3.60. The molecular formula is C28H23BrN2O2S2. The number of pyridine rings is 1. The van der Waals surface area contributed by atoms with Crippen LogP contribution in [-0.2, 0) is 16.6 Å². The van der Waals surface area contributed by atoms with E-state index < -0.39 is 16.9 Å². The Labute approximate surface area is 220 Å². The summed E-state index contributed by atoms with van der Waals surface area (Å²) in [6.07, 6.45) is -0.783. The molecule has 0 aliphatic carbocycles. The zero-order chi connectivity index (χ0) is 24.6. The molecule has 2 atom stereocenters. The second-order valence-corrected chi connectivity index (χ2v) is 11.3. The lowest BCUT2D eigenvalue weighted by molar-refractivity contribution is 0.224. The second kappa shape index (κ2) is 12.3. The van der Waals surface area contributed by atoms with Gasteiger partial charge in [-0.25, -0.2) is 4.98 Å². The Balaban J connectivity index is 1.58. The molecule has 4 aromatic rings. The van der Waals surface area contributed by atoms with Gasteiger partial charge < -0.3 is 5.11 Å². The Morgan fingerprint density at radius 3 is 2.29 bits per heavy atom. The van der Waals surface area contributed by atoms with Gasteiger partial charge in [0.15, 0.2) is 0 Å². The van der Waals surface area contributed by atoms with Gasteiger partial charge in [0.1, 0.15) is 11.1 Å². The van der Waals surface area contributed by atoms with E-state index in [0.717, 1.165) is 32.4 Å². The smallest absolute Gasteiger partial charge is 0.115 e. The summed E-state index contributed by atoms with van der Waals surface area (Å²) < 4.78 is 13.5. The maximum absolute atomic E-state index is 12.5. The van der Waals surface area contributed by atoms with Crippen molar-refractivity contribution in [3.8, 4) is 28.5 Å². The topological polar surface area (TPSA) is 74.0 Å². The molecule has 0 bridgehead atoms. The summed E-state index contributed by atoms with van der Waals surface area (Å²) in [5, 5.41) is 21.2. The molecular weight excluding hydrogens is 540 g/mol. The lowest BCUT2D eigenvalue weighted by Gasteiger charge is -2.14. The molecule has 0 spiro atoms. The molecule has 1 N–H and O–H groups in total. The summed E-state index contributed by atoms with van der Waals surface area (Å²) in [4.78, 5) is 4.79. The molecule has 3 aromatic carbocycles. The van der Waals surface area contributed by atoms with Crippen molar-refractivity contribution in [2.75, 3.05) is 11.5 Å². The number of aliphatic hydroxyl groups is 1. The van der Waals surface area contributed by atoms with Crippen molar-refractivity contribution in [3.63, 3.8) is 0 Å². The van der Waals surface area contributed by atoms with E-state index in [2.05, 4.69) is 22.0 Å². The highest BCUT2D eigenvalue weighted by Crippen LogP contribution is 2.34. The van der Waals surface area contributed by atoms with Crippen LogP contribution in [0.15, 0.2) is 100 Å². The van der Waals surface area contributed by atoms with Crippen LogP contribution in [0.3, 0.4) is 0 Å². The van der Waals surface area contributed by atoms with Crippen LogP contribution in [-0.4, -0.2) is 31.9 Å². The predicted molar refractivity (Wildman–Crippen MR) is 147 cm³/mol. The average molecular weight is 564 g/mol. The quantitative estimate of drug-likeness (QED) is 0.237. The maximum Gasteiger partial charge on any atom is 0.115 e.